The first-order valence-corrected chi connectivity index (χ1v) is 9.76. The van der Waals surface area contributed by atoms with Gasteiger partial charge in [0, 0.05) is 42.5 Å². The molecule has 1 N–H and O–H groups in total. The van der Waals surface area contributed by atoms with Gasteiger partial charge >= 0.3 is 0 Å². The largest absolute Gasteiger partial charge is 0.493 e. The Morgan fingerprint density at radius 3 is 2.64 bits per heavy atom. The van der Waals surface area contributed by atoms with Crippen LogP contribution in [0.15, 0.2) is 42.5 Å². The number of aryl methyl sites for hydroxylation is 1. The third-order valence-electron chi connectivity index (χ3n) is 5.59. The number of amides is 1. The zero-order valence-electron chi connectivity index (χ0n) is 16.5. The molecule has 4 rings (SSSR count). The van der Waals surface area contributed by atoms with Crippen LogP contribution in [0.1, 0.15) is 23.2 Å². The van der Waals surface area contributed by atoms with Crippen LogP contribution in [0.25, 0.3) is 10.9 Å². The molecule has 1 aliphatic heterocycles. The Bertz CT molecular complexity index is 993. The van der Waals surface area contributed by atoms with Gasteiger partial charge in [0.25, 0.3) is 0 Å². The third-order valence-corrected chi connectivity index (χ3v) is 5.59. The first kappa shape index (κ1) is 18.4. The Balaban J connectivity index is 1.39. The van der Waals surface area contributed by atoms with E-state index >= 15 is 0 Å². The third kappa shape index (κ3) is 3.57. The molecule has 146 valence electrons. The standard InChI is InChI=1S/C23H26N2O3/c1-27-21-9-7-16(15-22(21)28-2)8-10-23(26)25-13-11-18-17-5-3-4-6-19(17)24-20(18)12-14-25/h3-7,9,15,24H,8,10-14H2,1-2H3. The average molecular weight is 378 g/mol. The molecule has 0 fully saturated rings. The highest BCUT2D eigenvalue weighted by Gasteiger charge is 2.21. The number of benzene rings is 2. The fraction of sp³-hybridized carbons (Fsp3) is 0.348. The van der Waals surface area contributed by atoms with E-state index in [-0.39, 0.29) is 5.91 Å². The van der Waals surface area contributed by atoms with Crippen molar-refractivity contribution in [3.05, 3.63) is 59.3 Å². The first-order valence-electron chi connectivity index (χ1n) is 9.76. The lowest BCUT2D eigenvalue weighted by Crippen LogP contribution is -2.33. The van der Waals surface area contributed by atoms with Crippen molar-refractivity contribution >= 4 is 16.8 Å². The highest BCUT2D eigenvalue weighted by atomic mass is 16.5. The summed E-state index contributed by atoms with van der Waals surface area (Å²) in [5.41, 5.74) is 4.92. The smallest absolute Gasteiger partial charge is 0.222 e. The van der Waals surface area contributed by atoms with Gasteiger partial charge in [0.15, 0.2) is 11.5 Å². The van der Waals surface area contributed by atoms with E-state index in [2.05, 4.69) is 29.2 Å². The van der Waals surface area contributed by atoms with E-state index in [1.165, 1.54) is 22.2 Å². The van der Waals surface area contributed by atoms with Crippen molar-refractivity contribution < 1.29 is 14.3 Å². The fourth-order valence-corrected chi connectivity index (χ4v) is 4.06. The number of carbonyl (C=O) groups is 1. The number of para-hydroxylation sites is 1. The lowest BCUT2D eigenvalue weighted by molar-refractivity contribution is -0.131. The molecule has 0 radical (unpaired) electrons. The van der Waals surface area contributed by atoms with Crippen LogP contribution in [0.4, 0.5) is 0 Å². The minimum absolute atomic E-state index is 0.212. The summed E-state index contributed by atoms with van der Waals surface area (Å²) in [4.78, 5) is 18.3. The quantitative estimate of drug-likeness (QED) is 0.736. The lowest BCUT2D eigenvalue weighted by Gasteiger charge is -2.20. The number of hydrogen-bond donors (Lipinski definition) is 1. The Hall–Kier alpha value is -2.95. The molecule has 0 atom stereocenters. The van der Waals surface area contributed by atoms with Crippen LogP contribution < -0.4 is 9.47 Å². The van der Waals surface area contributed by atoms with Gasteiger partial charge in [-0.2, -0.15) is 0 Å². The normalized spacial score (nSPS) is 13.9. The van der Waals surface area contributed by atoms with Gasteiger partial charge in [-0.1, -0.05) is 24.3 Å². The Morgan fingerprint density at radius 1 is 1.04 bits per heavy atom. The van der Waals surface area contributed by atoms with Crippen LogP contribution in [0, 0.1) is 0 Å². The molecule has 5 heteroatoms. The molecular weight excluding hydrogens is 352 g/mol. The number of rotatable bonds is 5. The fourth-order valence-electron chi connectivity index (χ4n) is 4.06. The summed E-state index contributed by atoms with van der Waals surface area (Å²) in [5.74, 6) is 1.62. The number of H-pyrrole nitrogens is 1. The number of carbonyl (C=O) groups excluding carboxylic acids is 1. The van der Waals surface area contributed by atoms with Gasteiger partial charge in [0.2, 0.25) is 5.91 Å². The molecular formula is C23H26N2O3. The van der Waals surface area contributed by atoms with E-state index in [9.17, 15) is 4.79 Å². The summed E-state index contributed by atoms with van der Waals surface area (Å²) >= 11 is 0. The van der Waals surface area contributed by atoms with Crippen LogP contribution in [-0.4, -0.2) is 43.1 Å². The number of ether oxygens (including phenoxy) is 2. The molecule has 0 spiro atoms. The Kier molecular flexibility index (Phi) is 5.24. The van der Waals surface area contributed by atoms with Crippen LogP contribution in [0.2, 0.25) is 0 Å². The molecule has 1 amide bonds. The van der Waals surface area contributed by atoms with E-state index in [1.807, 2.05) is 23.1 Å². The predicted molar refractivity (Wildman–Crippen MR) is 110 cm³/mol. The summed E-state index contributed by atoms with van der Waals surface area (Å²) in [7, 11) is 3.25. The molecule has 1 aliphatic rings. The summed E-state index contributed by atoms with van der Waals surface area (Å²) in [5, 5.41) is 1.29. The van der Waals surface area contributed by atoms with Gasteiger partial charge in [-0.05, 0) is 42.2 Å². The monoisotopic (exact) mass is 378 g/mol. The molecule has 1 aromatic heterocycles. The number of nitrogens with zero attached hydrogens (tertiary/aromatic N) is 1. The molecule has 2 heterocycles. The van der Waals surface area contributed by atoms with Crippen molar-refractivity contribution in [3.63, 3.8) is 0 Å². The summed E-state index contributed by atoms with van der Waals surface area (Å²) in [6, 6.07) is 14.3. The minimum Gasteiger partial charge on any atom is -0.493 e. The molecule has 3 aromatic rings. The van der Waals surface area contributed by atoms with Gasteiger partial charge in [-0.25, -0.2) is 0 Å². The molecule has 0 saturated carbocycles. The van der Waals surface area contributed by atoms with Crippen LogP contribution in [-0.2, 0) is 24.1 Å². The molecule has 28 heavy (non-hydrogen) atoms. The van der Waals surface area contributed by atoms with Crippen molar-refractivity contribution in [2.75, 3.05) is 27.3 Å². The second-order valence-corrected chi connectivity index (χ2v) is 7.20. The summed E-state index contributed by atoms with van der Waals surface area (Å²) in [6.45, 7) is 1.55. The van der Waals surface area contributed by atoms with Gasteiger partial charge in [0.05, 0.1) is 14.2 Å². The van der Waals surface area contributed by atoms with E-state index in [1.54, 1.807) is 14.2 Å². The van der Waals surface area contributed by atoms with Crippen molar-refractivity contribution in [2.24, 2.45) is 0 Å². The van der Waals surface area contributed by atoms with E-state index in [0.29, 0.717) is 24.3 Å². The van der Waals surface area contributed by atoms with Crippen molar-refractivity contribution in [1.29, 1.82) is 0 Å². The first-order chi connectivity index (χ1) is 13.7. The highest BCUT2D eigenvalue weighted by molar-refractivity contribution is 5.85. The number of aromatic amines is 1. The number of fused-ring (bicyclic) bond motifs is 3. The number of aromatic nitrogens is 1. The minimum atomic E-state index is 0.212. The summed E-state index contributed by atoms with van der Waals surface area (Å²) in [6.07, 6.45) is 2.99. The van der Waals surface area contributed by atoms with E-state index in [4.69, 9.17) is 9.47 Å². The topological polar surface area (TPSA) is 54.6 Å². The maximum absolute atomic E-state index is 12.8. The highest BCUT2D eigenvalue weighted by Crippen LogP contribution is 2.28. The van der Waals surface area contributed by atoms with Crippen LogP contribution in [0.3, 0.4) is 0 Å². The second kappa shape index (κ2) is 7.97. The average Bonchev–Trinajstić information content (AvgIpc) is 2.95. The van der Waals surface area contributed by atoms with E-state index < -0.39 is 0 Å². The molecule has 5 nitrogen and oxygen atoms in total. The van der Waals surface area contributed by atoms with Gasteiger partial charge in [-0.15, -0.1) is 0 Å². The molecule has 0 unspecified atom stereocenters. The predicted octanol–water partition coefficient (Wildman–Crippen LogP) is 3.75. The zero-order valence-corrected chi connectivity index (χ0v) is 16.5. The molecule has 0 bridgehead atoms. The lowest BCUT2D eigenvalue weighted by atomic mass is 10.1. The Labute approximate surface area is 165 Å². The second-order valence-electron chi connectivity index (χ2n) is 7.20. The Morgan fingerprint density at radius 2 is 1.82 bits per heavy atom. The SMILES string of the molecule is COc1ccc(CCC(=O)N2CCc3[nH]c4ccccc4c3CC2)cc1OC. The number of methoxy groups -OCH3 is 2. The van der Waals surface area contributed by atoms with Crippen molar-refractivity contribution in [2.45, 2.75) is 25.7 Å². The van der Waals surface area contributed by atoms with Gasteiger partial charge < -0.3 is 19.4 Å². The number of nitrogens with one attached hydrogen (secondary N) is 1. The van der Waals surface area contributed by atoms with Crippen molar-refractivity contribution in [3.8, 4) is 11.5 Å². The van der Waals surface area contributed by atoms with Gasteiger partial charge in [-0.3, -0.25) is 4.79 Å². The molecule has 0 aliphatic carbocycles. The number of hydrogen-bond acceptors (Lipinski definition) is 3. The van der Waals surface area contributed by atoms with E-state index in [0.717, 1.165) is 31.5 Å². The maximum Gasteiger partial charge on any atom is 0.222 e. The van der Waals surface area contributed by atoms with Crippen molar-refractivity contribution in [1.82, 2.24) is 9.88 Å². The van der Waals surface area contributed by atoms with Crippen LogP contribution >= 0.6 is 0 Å². The molecule has 0 saturated heterocycles. The molecule has 2 aromatic carbocycles. The van der Waals surface area contributed by atoms with Gasteiger partial charge in [0.1, 0.15) is 0 Å². The maximum atomic E-state index is 12.8. The summed E-state index contributed by atoms with van der Waals surface area (Å²) < 4.78 is 10.6. The van der Waals surface area contributed by atoms with Crippen LogP contribution in [0.5, 0.6) is 11.5 Å². The zero-order chi connectivity index (χ0) is 19.5.